The van der Waals surface area contributed by atoms with Crippen LogP contribution in [0.15, 0.2) is 67.0 Å². The van der Waals surface area contributed by atoms with E-state index in [0.29, 0.717) is 6.42 Å². The molecule has 3 aromatic rings. The third kappa shape index (κ3) is 3.30. The first-order valence-electron chi connectivity index (χ1n) is 8.36. The molecule has 0 spiro atoms. The number of benzene rings is 2. The lowest BCUT2D eigenvalue weighted by molar-refractivity contribution is -0.115. The van der Waals surface area contributed by atoms with Crippen LogP contribution in [-0.2, 0) is 17.6 Å². The van der Waals surface area contributed by atoms with E-state index in [2.05, 4.69) is 28.5 Å². The highest BCUT2D eigenvalue weighted by atomic mass is 16.1. The lowest BCUT2D eigenvalue weighted by Gasteiger charge is -2.13. The van der Waals surface area contributed by atoms with Gasteiger partial charge < -0.3 is 11.1 Å². The lowest BCUT2D eigenvalue weighted by Crippen LogP contribution is -2.13. The smallest absolute Gasteiger partial charge is 0.228 e. The van der Waals surface area contributed by atoms with Gasteiger partial charge in [-0.15, -0.1) is 0 Å². The quantitative estimate of drug-likeness (QED) is 0.770. The number of nitrogens with one attached hydrogen (secondary N) is 1. The van der Waals surface area contributed by atoms with Crippen molar-refractivity contribution in [1.29, 1.82) is 0 Å². The summed E-state index contributed by atoms with van der Waals surface area (Å²) in [5.74, 6) is 0.0453. The van der Waals surface area contributed by atoms with Crippen molar-refractivity contribution >= 4 is 11.6 Å². The predicted octanol–water partition coefficient (Wildman–Crippen LogP) is 3.49. The van der Waals surface area contributed by atoms with E-state index in [1.807, 2.05) is 48.8 Å². The van der Waals surface area contributed by atoms with Crippen LogP contribution in [0.5, 0.6) is 0 Å². The summed E-state index contributed by atoms with van der Waals surface area (Å²) in [5, 5.41) is 2.89. The Labute approximate surface area is 146 Å². The topological polar surface area (TPSA) is 68.0 Å². The summed E-state index contributed by atoms with van der Waals surface area (Å²) < 4.78 is 0. The zero-order valence-corrected chi connectivity index (χ0v) is 13.8. The molecule has 0 aliphatic carbocycles. The van der Waals surface area contributed by atoms with E-state index < -0.39 is 0 Å². The monoisotopic (exact) mass is 329 g/mol. The molecule has 0 saturated carbocycles. The van der Waals surface area contributed by atoms with E-state index in [-0.39, 0.29) is 11.9 Å². The Hall–Kier alpha value is -2.98. The maximum absolute atomic E-state index is 11.5. The maximum atomic E-state index is 11.5. The van der Waals surface area contributed by atoms with Gasteiger partial charge in [0, 0.05) is 29.7 Å². The van der Waals surface area contributed by atoms with Crippen molar-refractivity contribution in [1.82, 2.24) is 4.98 Å². The van der Waals surface area contributed by atoms with Crippen molar-refractivity contribution in [2.45, 2.75) is 18.9 Å². The number of hydrogen-bond acceptors (Lipinski definition) is 3. The number of rotatable bonds is 4. The predicted molar refractivity (Wildman–Crippen MR) is 99.1 cm³/mol. The van der Waals surface area contributed by atoms with Gasteiger partial charge in [0.1, 0.15) is 0 Å². The molecular weight excluding hydrogens is 310 g/mol. The molecule has 4 rings (SSSR count). The number of hydrogen-bond donors (Lipinski definition) is 2. The van der Waals surface area contributed by atoms with Crippen molar-refractivity contribution in [3.8, 4) is 11.1 Å². The van der Waals surface area contributed by atoms with Crippen LogP contribution in [0.1, 0.15) is 22.7 Å². The number of nitrogens with two attached hydrogens (primary N) is 1. The fourth-order valence-corrected chi connectivity index (χ4v) is 3.20. The average Bonchev–Trinajstić information content (AvgIpc) is 3.02. The van der Waals surface area contributed by atoms with Gasteiger partial charge in [-0.3, -0.25) is 9.78 Å². The first kappa shape index (κ1) is 15.5. The Balaban J connectivity index is 1.59. The molecule has 1 amide bonds. The molecule has 4 nitrogen and oxygen atoms in total. The third-order valence-corrected chi connectivity index (χ3v) is 4.55. The molecule has 1 aliphatic rings. The molecule has 124 valence electrons. The van der Waals surface area contributed by atoms with Crippen molar-refractivity contribution in [2.75, 3.05) is 5.32 Å². The van der Waals surface area contributed by atoms with Gasteiger partial charge in [0.2, 0.25) is 5.91 Å². The van der Waals surface area contributed by atoms with Crippen molar-refractivity contribution in [3.63, 3.8) is 0 Å². The number of carbonyl (C=O) groups excluding carboxylic acids is 1. The highest BCUT2D eigenvalue weighted by molar-refractivity contribution is 5.99. The summed E-state index contributed by atoms with van der Waals surface area (Å²) in [4.78, 5) is 15.9. The van der Waals surface area contributed by atoms with Crippen LogP contribution >= 0.6 is 0 Å². The zero-order valence-electron chi connectivity index (χ0n) is 13.8. The van der Waals surface area contributed by atoms with Crippen LogP contribution in [0, 0.1) is 0 Å². The molecule has 25 heavy (non-hydrogen) atoms. The summed E-state index contributed by atoms with van der Waals surface area (Å²) >= 11 is 0. The first-order valence-corrected chi connectivity index (χ1v) is 8.36. The van der Waals surface area contributed by atoms with Crippen LogP contribution in [0.25, 0.3) is 11.1 Å². The summed E-state index contributed by atoms with van der Waals surface area (Å²) in [7, 11) is 0. The minimum Gasteiger partial charge on any atom is -0.326 e. The Bertz CT molecular complexity index is 921. The summed E-state index contributed by atoms with van der Waals surface area (Å²) in [5.41, 5.74) is 12.6. The summed E-state index contributed by atoms with van der Waals surface area (Å²) in [6.07, 6.45) is 4.88. The highest BCUT2D eigenvalue weighted by Gasteiger charge is 2.18. The van der Waals surface area contributed by atoms with E-state index in [1.54, 1.807) is 0 Å². The number of fused-ring (bicyclic) bond motifs is 1. The van der Waals surface area contributed by atoms with Crippen LogP contribution in [0.4, 0.5) is 5.69 Å². The molecule has 0 bridgehead atoms. The molecule has 3 N–H and O–H groups in total. The number of nitrogens with zero attached hydrogens (tertiary/aromatic N) is 1. The van der Waals surface area contributed by atoms with Crippen LogP contribution in [0.2, 0.25) is 0 Å². The van der Waals surface area contributed by atoms with Gasteiger partial charge in [-0.2, -0.15) is 0 Å². The lowest BCUT2D eigenvalue weighted by atomic mass is 9.97. The summed E-state index contributed by atoms with van der Waals surface area (Å²) in [6, 6.07) is 18.2. The average molecular weight is 329 g/mol. The van der Waals surface area contributed by atoms with Crippen LogP contribution < -0.4 is 11.1 Å². The van der Waals surface area contributed by atoms with E-state index >= 15 is 0 Å². The molecule has 1 atom stereocenters. The standard InChI is InChI=1S/C21H19N3O/c22-19(8-14-4-2-1-3-5-14)18-9-17(12-23-13-18)15-6-7-16-11-21(25)24-20(16)10-15/h1-7,9-10,12-13,19H,8,11,22H2,(H,24,25)/t19-/m0/s1. The number of aromatic nitrogens is 1. The van der Waals surface area contributed by atoms with Crippen molar-refractivity contribution in [2.24, 2.45) is 5.73 Å². The molecule has 0 fully saturated rings. The number of anilines is 1. The van der Waals surface area contributed by atoms with Gasteiger partial charge in [0.05, 0.1) is 6.42 Å². The van der Waals surface area contributed by atoms with Crippen LogP contribution in [0.3, 0.4) is 0 Å². The maximum Gasteiger partial charge on any atom is 0.228 e. The van der Waals surface area contributed by atoms with E-state index in [1.165, 1.54) is 5.56 Å². The van der Waals surface area contributed by atoms with Gasteiger partial charge in [0.15, 0.2) is 0 Å². The Kier molecular flexibility index (Phi) is 4.04. The molecule has 0 unspecified atom stereocenters. The van der Waals surface area contributed by atoms with E-state index in [9.17, 15) is 4.79 Å². The summed E-state index contributed by atoms with van der Waals surface area (Å²) in [6.45, 7) is 0. The molecule has 1 aliphatic heterocycles. The van der Waals surface area contributed by atoms with Crippen molar-refractivity contribution in [3.05, 3.63) is 83.7 Å². The fraction of sp³-hybridized carbons (Fsp3) is 0.143. The Morgan fingerprint density at radius 3 is 2.72 bits per heavy atom. The Morgan fingerprint density at radius 1 is 1.04 bits per heavy atom. The number of amides is 1. The van der Waals surface area contributed by atoms with Gasteiger partial charge in [-0.05, 0) is 40.8 Å². The van der Waals surface area contributed by atoms with Gasteiger partial charge in [0.25, 0.3) is 0 Å². The molecular formula is C21H19N3O. The minimum atomic E-state index is -0.107. The second-order valence-electron chi connectivity index (χ2n) is 6.40. The molecule has 0 radical (unpaired) electrons. The Morgan fingerprint density at radius 2 is 1.88 bits per heavy atom. The van der Waals surface area contributed by atoms with E-state index in [4.69, 9.17) is 5.73 Å². The highest BCUT2D eigenvalue weighted by Crippen LogP contribution is 2.30. The second kappa shape index (κ2) is 6.49. The molecule has 0 saturated heterocycles. The first-order chi connectivity index (χ1) is 12.2. The molecule has 2 aromatic carbocycles. The SMILES string of the molecule is N[C@@H](Cc1ccccc1)c1cncc(-c2ccc3c(c2)NC(=O)C3)c1. The van der Waals surface area contributed by atoms with Gasteiger partial charge in [-0.1, -0.05) is 42.5 Å². The fourth-order valence-electron chi connectivity index (χ4n) is 3.20. The number of pyridine rings is 1. The van der Waals surface area contributed by atoms with Crippen molar-refractivity contribution < 1.29 is 4.79 Å². The largest absolute Gasteiger partial charge is 0.326 e. The van der Waals surface area contributed by atoms with Crippen LogP contribution in [-0.4, -0.2) is 10.9 Å². The molecule has 1 aromatic heterocycles. The third-order valence-electron chi connectivity index (χ3n) is 4.55. The van der Waals surface area contributed by atoms with E-state index in [0.717, 1.165) is 34.4 Å². The second-order valence-corrected chi connectivity index (χ2v) is 6.40. The minimum absolute atomic E-state index is 0.0453. The molecule has 4 heteroatoms. The zero-order chi connectivity index (χ0) is 17.2. The van der Waals surface area contributed by atoms with Gasteiger partial charge >= 0.3 is 0 Å². The normalized spacial score (nSPS) is 14.0. The molecule has 2 heterocycles. The van der Waals surface area contributed by atoms with Gasteiger partial charge in [-0.25, -0.2) is 0 Å². The number of carbonyl (C=O) groups is 1.